The van der Waals surface area contributed by atoms with Crippen LogP contribution in [0.25, 0.3) is 54.6 Å². The SMILES string of the molecule is COCC(O)C(O)C(O)C(O)=c1c(C)cc2c(c(O)c3c(=O)cc(C)c4c5ccc(=C(C)O)c(=O)c5c(O)c2c34)c1=O. The molecule has 3 unspecified atom stereocenters. The third kappa shape index (κ3) is 3.93. The monoisotopic (exact) mass is 576 g/mol. The van der Waals surface area contributed by atoms with E-state index < -0.39 is 62.5 Å². The second-order valence-corrected chi connectivity index (χ2v) is 10.5. The van der Waals surface area contributed by atoms with Crippen molar-refractivity contribution in [1.29, 1.82) is 0 Å². The number of aryl methyl sites for hydroxylation is 2. The molecule has 0 saturated carbocycles. The van der Waals surface area contributed by atoms with Gasteiger partial charge < -0.3 is 40.5 Å². The van der Waals surface area contributed by atoms with E-state index in [2.05, 4.69) is 0 Å². The van der Waals surface area contributed by atoms with Crippen molar-refractivity contribution in [2.45, 2.75) is 39.1 Å². The fourth-order valence-corrected chi connectivity index (χ4v) is 5.89. The number of phenols is 2. The minimum atomic E-state index is -2.13. The number of fused-ring (bicyclic) bond motifs is 4. The Labute approximate surface area is 236 Å². The molecule has 0 aliphatic heterocycles. The molecule has 0 radical (unpaired) electrons. The van der Waals surface area contributed by atoms with Crippen molar-refractivity contribution in [2.24, 2.45) is 0 Å². The lowest BCUT2D eigenvalue weighted by Crippen LogP contribution is -2.44. The first-order valence-corrected chi connectivity index (χ1v) is 12.9. The number of methoxy groups -OCH3 is 1. The number of phenolic OH excluding ortho intramolecular Hbond substituents is 2. The first-order valence-electron chi connectivity index (χ1n) is 12.9. The molecule has 0 aromatic heterocycles. The zero-order valence-corrected chi connectivity index (χ0v) is 23.0. The molecule has 42 heavy (non-hydrogen) atoms. The van der Waals surface area contributed by atoms with Crippen LogP contribution in [0.4, 0.5) is 0 Å². The fourth-order valence-electron chi connectivity index (χ4n) is 5.89. The van der Waals surface area contributed by atoms with Gasteiger partial charge in [0.15, 0.2) is 5.43 Å². The lowest BCUT2D eigenvalue weighted by Gasteiger charge is -2.22. The molecule has 0 saturated heterocycles. The van der Waals surface area contributed by atoms with Crippen molar-refractivity contribution in [2.75, 3.05) is 13.7 Å². The van der Waals surface area contributed by atoms with Crippen LogP contribution < -0.4 is 26.7 Å². The summed E-state index contributed by atoms with van der Waals surface area (Å²) in [7, 11) is 1.25. The van der Waals surface area contributed by atoms with Gasteiger partial charge in [-0.3, -0.25) is 14.4 Å². The molecule has 5 aromatic carbocycles. The van der Waals surface area contributed by atoms with E-state index in [1.165, 1.54) is 45.2 Å². The Kier molecular flexibility index (Phi) is 6.94. The smallest absolute Gasteiger partial charge is 0.201 e. The highest BCUT2D eigenvalue weighted by molar-refractivity contribution is 6.33. The predicted molar refractivity (Wildman–Crippen MR) is 157 cm³/mol. The van der Waals surface area contributed by atoms with E-state index in [0.717, 1.165) is 0 Å². The van der Waals surface area contributed by atoms with E-state index in [9.17, 15) is 50.1 Å². The van der Waals surface area contributed by atoms with Gasteiger partial charge in [-0.05, 0) is 60.9 Å². The molecular formula is C31H28O11. The van der Waals surface area contributed by atoms with Crippen molar-refractivity contribution in [3.63, 3.8) is 0 Å². The van der Waals surface area contributed by atoms with Crippen molar-refractivity contribution < 1.29 is 40.5 Å². The van der Waals surface area contributed by atoms with Gasteiger partial charge in [-0.15, -0.1) is 0 Å². The first-order chi connectivity index (χ1) is 19.7. The van der Waals surface area contributed by atoms with Gasteiger partial charge in [-0.1, -0.05) is 6.07 Å². The third-order valence-corrected chi connectivity index (χ3v) is 7.84. The Hall–Kier alpha value is -4.55. The van der Waals surface area contributed by atoms with E-state index in [0.29, 0.717) is 10.9 Å². The predicted octanol–water partition coefficient (Wildman–Crippen LogP) is 0.365. The Balaban J connectivity index is 2.08. The number of aromatic hydroxyl groups is 2. The summed E-state index contributed by atoms with van der Waals surface area (Å²) in [5, 5.41) is 73.9. The van der Waals surface area contributed by atoms with E-state index in [-0.39, 0.29) is 55.5 Å². The van der Waals surface area contributed by atoms with Crippen molar-refractivity contribution in [1.82, 2.24) is 0 Å². The molecule has 0 fully saturated rings. The maximum atomic E-state index is 13.9. The largest absolute Gasteiger partial charge is 0.512 e. The first kappa shape index (κ1) is 29.0. The van der Waals surface area contributed by atoms with Crippen LogP contribution in [0.15, 0.2) is 38.6 Å². The van der Waals surface area contributed by atoms with Gasteiger partial charge in [0.25, 0.3) is 0 Å². The normalized spacial score (nSPS) is 15.9. The van der Waals surface area contributed by atoms with Gasteiger partial charge in [-0.25, -0.2) is 0 Å². The zero-order chi connectivity index (χ0) is 30.9. The van der Waals surface area contributed by atoms with Gasteiger partial charge in [-0.2, -0.15) is 0 Å². The fraction of sp³-hybridized carbons (Fsp3) is 0.258. The number of hydrogen-bond acceptors (Lipinski definition) is 11. The number of rotatable bonds is 5. The van der Waals surface area contributed by atoms with Crippen molar-refractivity contribution >= 4 is 54.6 Å². The van der Waals surface area contributed by atoms with Crippen molar-refractivity contribution in [3.05, 3.63) is 76.5 Å². The molecule has 0 aliphatic rings. The molecule has 0 spiro atoms. The van der Waals surface area contributed by atoms with Gasteiger partial charge in [0.2, 0.25) is 10.9 Å². The average Bonchev–Trinajstić information content (AvgIpc) is 2.91. The summed E-state index contributed by atoms with van der Waals surface area (Å²) in [6.07, 6.45) is -5.70. The maximum Gasteiger partial charge on any atom is 0.201 e. The number of aliphatic hydroxyl groups is 5. The number of benzene rings is 5. The van der Waals surface area contributed by atoms with Gasteiger partial charge in [0, 0.05) is 23.3 Å². The summed E-state index contributed by atoms with van der Waals surface area (Å²) in [6, 6.07) is 5.46. The lowest BCUT2D eigenvalue weighted by atomic mass is 9.86. The summed E-state index contributed by atoms with van der Waals surface area (Å²) in [6.45, 7) is 3.96. The summed E-state index contributed by atoms with van der Waals surface area (Å²) < 4.78 is 4.75. The van der Waals surface area contributed by atoms with Crippen LogP contribution in [0, 0.1) is 13.8 Å². The summed E-state index contributed by atoms with van der Waals surface area (Å²) >= 11 is 0. The molecule has 11 heteroatoms. The minimum absolute atomic E-state index is 0.0441. The average molecular weight is 577 g/mol. The van der Waals surface area contributed by atoms with Gasteiger partial charge in [0.1, 0.15) is 41.3 Å². The quantitative estimate of drug-likeness (QED) is 0.113. The van der Waals surface area contributed by atoms with E-state index in [1.54, 1.807) is 6.92 Å². The Morgan fingerprint density at radius 3 is 2.02 bits per heavy atom. The standard InChI is InChI=1S/C31H28O11/c1-10-7-15-20-24-18(14-6-5-13(12(3)32)25(35)21(14)28(20)38)11(2)8-16(33)23(24)29(39)22(15)27(37)19(10)30(40)31(41)26(36)17(34)9-42-4/h5-8,17,26,31-32,34,36,38-41H,9H2,1-4H3. The molecule has 11 nitrogen and oxygen atoms in total. The molecule has 0 amide bonds. The molecule has 7 N–H and O–H groups in total. The van der Waals surface area contributed by atoms with Crippen LogP contribution in [0.1, 0.15) is 18.1 Å². The lowest BCUT2D eigenvalue weighted by molar-refractivity contribution is -0.0707. The summed E-state index contributed by atoms with van der Waals surface area (Å²) in [5.74, 6) is -2.60. The number of ether oxygens (including phenoxy) is 1. The maximum absolute atomic E-state index is 13.9. The number of aliphatic hydroxyl groups excluding tert-OH is 5. The van der Waals surface area contributed by atoms with E-state index in [4.69, 9.17) is 4.74 Å². The molecule has 0 bridgehead atoms. The number of hydrogen-bond donors (Lipinski definition) is 7. The van der Waals surface area contributed by atoms with Gasteiger partial charge >= 0.3 is 0 Å². The van der Waals surface area contributed by atoms with Crippen LogP contribution in [0.5, 0.6) is 11.5 Å². The topological polar surface area (TPSA) is 202 Å². The highest BCUT2D eigenvalue weighted by Gasteiger charge is 2.30. The second kappa shape index (κ2) is 10.1. The molecule has 3 atom stereocenters. The van der Waals surface area contributed by atoms with Crippen LogP contribution in [0.3, 0.4) is 0 Å². The molecule has 218 valence electrons. The Bertz CT molecular complexity index is 2240. The Morgan fingerprint density at radius 1 is 0.786 bits per heavy atom. The highest BCUT2D eigenvalue weighted by Crippen LogP contribution is 2.46. The van der Waals surface area contributed by atoms with E-state index in [1.807, 2.05) is 0 Å². The van der Waals surface area contributed by atoms with Crippen LogP contribution >= 0.6 is 0 Å². The van der Waals surface area contributed by atoms with Crippen molar-refractivity contribution in [3.8, 4) is 11.5 Å². The highest BCUT2D eigenvalue weighted by atomic mass is 16.5. The summed E-state index contributed by atoms with van der Waals surface area (Å²) in [4.78, 5) is 40.6. The van der Waals surface area contributed by atoms with Crippen LogP contribution in [-0.4, -0.2) is 67.8 Å². The zero-order valence-electron chi connectivity index (χ0n) is 23.0. The molecule has 5 aromatic rings. The molecule has 5 rings (SSSR count). The van der Waals surface area contributed by atoms with Crippen LogP contribution in [-0.2, 0) is 4.74 Å². The minimum Gasteiger partial charge on any atom is -0.512 e. The second-order valence-electron chi connectivity index (χ2n) is 10.5. The summed E-state index contributed by atoms with van der Waals surface area (Å²) in [5.41, 5.74) is -1.91. The molecule has 0 heterocycles. The van der Waals surface area contributed by atoms with Gasteiger partial charge in [0.05, 0.1) is 33.2 Å². The third-order valence-electron chi connectivity index (χ3n) is 7.84. The van der Waals surface area contributed by atoms with Crippen LogP contribution in [0.2, 0.25) is 0 Å². The Morgan fingerprint density at radius 2 is 1.40 bits per heavy atom. The molecular weight excluding hydrogens is 548 g/mol. The molecule has 0 aliphatic carbocycles. The van der Waals surface area contributed by atoms with E-state index >= 15 is 0 Å².